The van der Waals surface area contributed by atoms with Crippen molar-refractivity contribution in [2.45, 2.75) is 38.4 Å². The van der Waals surface area contributed by atoms with E-state index >= 15 is 0 Å². The molecule has 0 aliphatic rings. The van der Waals surface area contributed by atoms with Crippen LogP contribution in [-0.2, 0) is 16.1 Å². The first-order valence-corrected chi connectivity index (χ1v) is 6.86. The second-order valence-electron chi connectivity index (χ2n) is 3.83. The van der Waals surface area contributed by atoms with Crippen LogP contribution < -0.4 is 16.5 Å². The summed E-state index contributed by atoms with van der Waals surface area (Å²) in [7, 11) is 0. The van der Waals surface area contributed by atoms with E-state index in [0.717, 1.165) is 24.6 Å². The van der Waals surface area contributed by atoms with Gasteiger partial charge in [-0.05, 0) is 6.42 Å². The average Bonchev–Trinajstić information content (AvgIpc) is 2.72. The molecule has 1 aromatic rings. The van der Waals surface area contributed by atoms with Gasteiger partial charge in [0.05, 0.1) is 5.75 Å². The average molecular weight is 287 g/mol. The van der Waals surface area contributed by atoms with Gasteiger partial charge in [0.2, 0.25) is 11.8 Å². The van der Waals surface area contributed by atoms with Gasteiger partial charge in [-0.15, -0.1) is 5.10 Å². The maximum Gasteiger partial charge on any atom is 0.343 e. The molecular weight excluding hydrogens is 270 g/mol. The van der Waals surface area contributed by atoms with E-state index < -0.39 is 0 Å². The largest absolute Gasteiger partial charge is 0.343 e. The number of carbonyl (C=O) groups is 2. The minimum absolute atomic E-state index is 0.0662. The Labute approximate surface area is 114 Å². The van der Waals surface area contributed by atoms with Gasteiger partial charge in [-0.2, -0.15) is 0 Å². The van der Waals surface area contributed by atoms with Crippen molar-refractivity contribution in [2.24, 2.45) is 0 Å². The molecule has 0 saturated carbocycles. The molecular formula is C10H17N5O3S. The smallest absolute Gasteiger partial charge is 0.274 e. The van der Waals surface area contributed by atoms with Crippen LogP contribution >= 0.6 is 11.8 Å². The molecule has 0 spiro atoms. The summed E-state index contributed by atoms with van der Waals surface area (Å²) in [6.45, 7) is 3.89. The van der Waals surface area contributed by atoms with Gasteiger partial charge in [0.15, 0.2) is 5.16 Å². The number of hydrazine groups is 1. The van der Waals surface area contributed by atoms with Crippen LogP contribution in [0.4, 0.5) is 0 Å². The van der Waals surface area contributed by atoms with E-state index in [2.05, 4.69) is 21.0 Å². The highest BCUT2D eigenvalue weighted by Crippen LogP contribution is 2.12. The topological polar surface area (TPSA) is 109 Å². The number of H-pyrrole nitrogens is 1. The van der Waals surface area contributed by atoms with Crippen LogP contribution in [0, 0.1) is 0 Å². The van der Waals surface area contributed by atoms with Crippen LogP contribution in [0.15, 0.2) is 9.95 Å². The maximum absolute atomic E-state index is 11.5. The van der Waals surface area contributed by atoms with Crippen molar-refractivity contribution in [1.29, 1.82) is 0 Å². The third-order valence-electron chi connectivity index (χ3n) is 2.17. The van der Waals surface area contributed by atoms with Gasteiger partial charge in [-0.3, -0.25) is 25.0 Å². The number of nitrogens with one attached hydrogen (secondary N) is 3. The van der Waals surface area contributed by atoms with Crippen LogP contribution in [0.1, 0.15) is 26.7 Å². The Morgan fingerprint density at radius 1 is 1.42 bits per heavy atom. The Kier molecular flexibility index (Phi) is 6.13. The number of carbonyl (C=O) groups excluding carboxylic acids is 2. The molecule has 0 aliphatic carbocycles. The minimum Gasteiger partial charge on any atom is -0.274 e. The molecule has 8 nitrogen and oxygen atoms in total. The van der Waals surface area contributed by atoms with E-state index in [1.54, 1.807) is 0 Å². The highest BCUT2D eigenvalue weighted by Gasteiger charge is 2.10. The maximum atomic E-state index is 11.5. The molecule has 2 amide bonds. The second kappa shape index (κ2) is 7.62. The number of aromatic amines is 1. The normalized spacial score (nSPS) is 10.2. The SMILES string of the molecule is CCCCn1c(SCC(=O)NNC(C)=O)n[nH]c1=O. The molecule has 9 heteroatoms. The quantitative estimate of drug-likeness (QED) is 0.488. The second-order valence-corrected chi connectivity index (χ2v) is 4.78. The number of rotatable bonds is 6. The Morgan fingerprint density at radius 3 is 2.79 bits per heavy atom. The van der Waals surface area contributed by atoms with Crippen LogP contribution in [0.3, 0.4) is 0 Å². The van der Waals surface area contributed by atoms with Gasteiger partial charge >= 0.3 is 5.69 Å². The summed E-state index contributed by atoms with van der Waals surface area (Å²) < 4.78 is 1.50. The summed E-state index contributed by atoms with van der Waals surface area (Å²) in [4.78, 5) is 33.5. The van der Waals surface area contributed by atoms with Gasteiger partial charge < -0.3 is 0 Å². The zero-order valence-electron chi connectivity index (χ0n) is 10.9. The fraction of sp³-hybridized carbons (Fsp3) is 0.600. The van der Waals surface area contributed by atoms with Crippen molar-refractivity contribution in [2.75, 3.05) is 5.75 Å². The minimum atomic E-state index is -0.363. The molecule has 106 valence electrons. The molecule has 0 aromatic carbocycles. The van der Waals surface area contributed by atoms with Gasteiger partial charge in [0, 0.05) is 13.5 Å². The monoisotopic (exact) mass is 287 g/mol. The third-order valence-corrected chi connectivity index (χ3v) is 3.15. The van der Waals surface area contributed by atoms with Crippen molar-refractivity contribution < 1.29 is 9.59 Å². The number of unbranched alkanes of at least 4 members (excludes halogenated alkanes) is 1. The Balaban J connectivity index is 2.50. The van der Waals surface area contributed by atoms with E-state index in [1.165, 1.54) is 11.5 Å². The molecule has 3 N–H and O–H groups in total. The first-order chi connectivity index (χ1) is 9.04. The van der Waals surface area contributed by atoms with E-state index in [1.807, 2.05) is 6.92 Å². The van der Waals surface area contributed by atoms with E-state index in [-0.39, 0.29) is 23.3 Å². The summed E-state index contributed by atoms with van der Waals surface area (Å²) in [6, 6.07) is 0. The molecule has 1 aromatic heterocycles. The first-order valence-electron chi connectivity index (χ1n) is 5.88. The van der Waals surface area contributed by atoms with Crippen LogP contribution in [0.2, 0.25) is 0 Å². The Bertz CT molecular complexity index is 496. The lowest BCUT2D eigenvalue weighted by molar-refractivity contribution is -0.126. The fourth-order valence-corrected chi connectivity index (χ4v) is 2.02. The highest BCUT2D eigenvalue weighted by atomic mass is 32.2. The van der Waals surface area contributed by atoms with Crippen molar-refractivity contribution >= 4 is 23.6 Å². The van der Waals surface area contributed by atoms with Crippen molar-refractivity contribution in [1.82, 2.24) is 25.6 Å². The first kappa shape index (κ1) is 15.3. The molecule has 0 atom stereocenters. The summed E-state index contributed by atoms with van der Waals surface area (Å²) in [5.74, 6) is -0.646. The van der Waals surface area contributed by atoms with E-state index in [0.29, 0.717) is 11.7 Å². The number of thioether (sulfide) groups is 1. The number of amides is 2. The molecule has 0 radical (unpaired) electrons. The predicted molar refractivity (Wildman–Crippen MR) is 70.4 cm³/mol. The summed E-state index contributed by atoms with van der Waals surface area (Å²) in [6.07, 6.45) is 1.83. The fourth-order valence-electron chi connectivity index (χ4n) is 1.25. The van der Waals surface area contributed by atoms with Crippen LogP contribution in [0.25, 0.3) is 0 Å². The van der Waals surface area contributed by atoms with Crippen LogP contribution in [-0.4, -0.2) is 32.3 Å². The Morgan fingerprint density at radius 2 is 2.16 bits per heavy atom. The van der Waals surface area contributed by atoms with Crippen molar-refractivity contribution in [3.8, 4) is 0 Å². The predicted octanol–water partition coefficient (Wildman–Crippen LogP) is -0.369. The summed E-state index contributed by atoms with van der Waals surface area (Å²) in [5, 5.41) is 6.68. The summed E-state index contributed by atoms with van der Waals surface area (Å²) >= 11 is 1.14. The lowest BCUT2D eigenvalue weighted by Gasteiger charge is -2.05. The third kappa shape index (κ3) is 5.16. The number of aromatic nitrogens is 3. The van der Waals surface area contributed by atoms with Gasteiger partial charge in [-0.1, -0.05) is 25.1 Å². The molecule has 0 fully saturated rings. The lowest BCUT2D eigenvalue weighted by Crippen LogP contribution is -2.41. The van der Waals surface area contributed by atoms with Crippen molar-refractivity contribution in [3.63, 3.8) is 0 Å². The number of hydrogen-bond donors (Lipinski definition) is 3. The van der Waals surface area contributed by atoms with Gasteiger partial charge in [0.1, 0.15) is 0 Å². The zero-order chi connectivity index (χ0) is 14.3. The van der Waals surface area contributed by atoms with E-state index in [4.69, 9.17) is 0 Å². The molecule has 0 aliphatic heterocycles. The zero-order valence-corrected chi connectivity index (χ0v) is 11.7. The van der Waals surface area contributed by atoms with Crippen LogP contribution in [0.5, 0.6) is 0 Å². The molecule has 1 heterocycles. The van der Waals surface area contributed by atoms with Gasteiger partial charge in [-0.25, -0.2) is 9.89 Å². The Hall–Kier alpha value is -1.77. The lowest BCUT2D eigenvalue weighted by atomic mass is 10.3. The van der Waals surface area contributed by atoms with Gasteiger partial charge in [0.25, 0.3) is 0 Å². The number of nitrogens with zero attached hydrogens (tertiary/aromatic N) is 2. The number of hydrogen-bond acceptors (Lipinski definition) is 5. The van der Waals surface area contributed by atoms with E-state index in [9.17, 15) is 14.4 Å². The molecule has 19 heavy (non-hydrogen) atoms. The van der Waals surface area contributed by atoms with Crippen molar-refractivity contribution in [3.05, 3.63) is 10.5 Å². The highest BCUT2D eigenvalue weighted by molar-refractivity contribution is 7.99. The molecule has 1 rings (SSSR count). The molecule has 0 unspecified atom stereocenters. The standard InChI is InChI=1S/C10H17N5O3S/c1-3-4-5-15-9(18)13-14-10(15)19-6-8(17)12-11-7(2)16/h3-6H2,1-2H3,(H,11,16)(H,12,17)(H,13,18). The summed E-state index contributed by atoms with van der Waals surface area (Å²) in [5.41, 5.74) is 4.14. The molecule has 0 saturated heterocycles. The molecule has 0 bridgehead atoms.